The Kier molecular flexibility index (Phi) is 2.24. The van der Waals surface area contributed by atoms with Gasteiger partial charge in [0.1, 0.15) is 12.4 Å². The number of aromatic nitrogens is 4. The normalized spacial score (nSPS) is 10.5. The molecule has 78 valence electrons. The number of rotatable bonds is 3. The van der Waals surface area contributed by atoms with Crippen molar-refractivity contribution in [1.29, 1.82) is 0 Å². The number of hydrogen-bond donors (Lipinski definition) is 1. The predicted octanol–water partition coefficient (Wildman–Crippen LogP) is -0.00728. The van der Waals surface area contributed by atoms with Crippen molar-refractivity contribution in [2.75, 3.05) is 0 Å². The van der Waals surface area contributed by atoms with Crippen LogP contribution in [0.3, 0.4) is 0 Å². The van der Waals surface area contributed by atoms with E-state index < -0.39 is 5.91 Å². The fourth-order valence-electron chi connectivity index (χ4n) is 1.30. The van der Waals surface area contributed by atoms with Crippen molar-refractivity contribution < 1.29 is 4.79 Å². The molecule has 15 heavy (non-hydrogen) atoms. The van der Waals surface area contributed by atoms with Gasteiger partial charge in [-0.2, -0.15) is 10.2 Å². The van der Waals surface area contributed by atoms with Crippen molar-refractivity contribution in [3.05, 3.63) is 35.9 Å². The molecular weight excluding hydrogens is 194 g/mol. The van der Waals surface area contributed by atoms with Crippen LogP contribution in [0.1, 0.15) is 16.2 Å². The molecule has 2 aromatic heterocycles. The van der Waals surface area contributed by atoms with Crippen LogP contribution in [0.15, 0.2) is 24.5 Å². The molecule has 0 aliphatic rings. The van der Waals surface area contributed by atoms with E-state index in [1.165, 1.54) is 0 Å². The highest BCUT2D eigenvalue weighted by atomic mass is 16.1. The summed E-state index contributed by atoms with van der Waals surface area (Å²) in [6, 6.07) is 3.49. The summed E-state index contributed by atoms with van der Waals surface area (Å²) in [5, 5.41) is 8.11. The molecule has 2 N–H and O–H groups in total. The molecule has 0 saturated carbocycles. The van der Waals surface area contributed by atoms with Crippen LogP contribution < -0.4 is 5.73 Å². The number of nitrogens with zero attached hydrogens (tertiary/aromatic N) is 4. The van der Waals surface area contributed by atoms with Gasteiger partial charge in [0.25, 0.3) is 5.91 Å². The first-order valence-corrected chi connectivity index (χ1v) is 4.48. The Hall–Kier alpha value is -2.11. The molecule has 6 nitrogen and oxygen atoms in total. The summed E-state index contributed by atoms with van der Waals surface area (Å²) < 4.78 is 3.39. The minimum Gasteiger partial charge on any atom is -0.364 e. The Morgan fingerprint density at radius 1 is 1.60 bits per heavy atom. The fourth-order valence-corrected chi connectivity index (χ4v) is 1.30. The van der Waals surface area contributed by atoms with Crippen LogP contribution in [0.5, 0.6) is 0 Å². The first-order valence-electron chi connectivity index (χ1n) is 4.48. The van der Waals surface area contributed by atoms with Gasteiger partial charge in [-0.3, -0.25) is 9.48 Å². The van der Waals surface area contributed by atoms with Crippen molar-refractivity contribution in [3.63, 3.8) is 0 Å². The number of amides is 1. The maximum atomic E-state index is 10.9. The van der Waals surface area contributed by atoms with Crippen LogP contribution in [-0.2, 0) is 6.67 Å². The number of nitrogens with two attached hydrogens (primary N) is 1. The lowest BCUT2D eigenvalue weighted by Gasteiger charge is -2.03. The van der Waals surface area contributed by atoms with Gasteiger partial charge in [0.2, 0.25) is 0 Å². The van der Waals surface area contributed by atoms with E-state index in [1.54, 1.807) is 21.6 Å². The van der Waals surface area contributed by atoms with Crippen LogP contribution in [0.25, 0.3) is 0 Å². The standard InChI is InChI=1S/C9H11N5O/c1-7-5-8(9(10)15)12-14(7)6-13-4-2-3-11-13/h2-5H,6H2,1H3,(H2,10,15). The zero-order valence-corrected chi connectivity index (χ0v) is 8.29. The first kappa shape index (κ1) is 9.45. The molecule has 2 rings (SSSR count). The van der Waals surface area contributed by atoms with Gasteiger partial charge in [0.15, 0.2) is 0 Å². The quantitative estimate of drug-likeness (QED) is 0.765. The van der Waals surface area contributed by atoms with E-state index in [2.05, 4.69) is 10.2 Å². The lowest BCUT2D eigenvalue weighted by Crippen LogP contribution is -2.15. The van der Waals surface area contributed by atoms with E-state index >= 15 is 0 Å². The molecule has 0 aliphatic heterocycles. The van der Waals surface area contributed by atoms with Gasteiger partial charge in [-0.25, -0.2) is 4.68 Å². The van der Waals surface area contributed by atoms with E-state index in [9.17, 15) is 4.79 Å². The van der Waals surface area contributed by atoms with E-state index in [1.807, 2.05) is 19.2 Å². The fraction of sp³-hybridized carbons (Fsp3) is 0.222. The van der Waals surface area contributed by atoms with Gasteiger partial charge < -0.3 is 5.73 Å². The lowest BCUT2D eigenvalue weighted by atomic mass is 10.4. The van der Waals surface area contributed by atoms with Crippen LogP contribution >= 0.6 is 0 Å². The maximum Gasteiger partial charge on any atom is 0.269 e. The second-order valence-corrected chi connectivity index (χ2v) is 3.22. The second-order valence-electron chi connectivity index (χ2n) is 3.22. The number of carbonyl (C=O) groups excluding carboxylic acids is 1. The van der Waals surface area contributed by atoms with Crippen LogP contribution in [0, 0.1) is 6.92 Å². The van der Waals surface area contributed by atoms with Gasteiger partial charge in [-0.1, -0.05) is 0 Å². The summed E-state index contributed by atoms with van der Waals surface area (Å²) in [6.07, 6.45) is 3.51. The summed E-state index contributed by atoms with van der Waals surface area (Å²) in [7, 11) is 0. The Bertz CT molecular complexity index is 471. The highest BCUT2D eigenvalue weighted by molar-refractivity contribution is 5.90. The molecule has 1 amide bonds. The largest absolute Gasteiger partial charge is 0.364 e. The van der Waals surface area contributed by atoms with Gasteiger partial charge >= 0.3 is 0 Å². The van der Waals surface area contributed by atoms with E-state index in [0.29, 0.717) is 6.67 Å². The number of carbonyl (C=O) groups is 1. The van der Waals surface area contributed by atoms with Crippen LogP contribution in [0.4, 0.5) is 0 Å². The third-order valence-electron chi connectivity index (χ3n) is 2.07. The van der Waals surface area contributed by atoms with E-state index in [-0.39, 0.29) is 5.69 Å². The molecule has 0 fully saturated rings. The summed E-state index contributed by atoms with van der Waals surface area (Å²) >= 11 is 0. The molecule has 0 spiro atoms. The van der Waals surface area contributed by atoms with Crippen LogP contribution in [-0.4, -0.2) is 25.5 Å². The van der Waals surface area contributed by atoms with Crippen molar-refractivity contribution in [1.82, 2.24) is 19.6 Å². The van der Waals surface area contributed by atoms with E-state index in [4.69, 9.17) is 5.73 Å². The number of aryl methyl sites for hydroxylation is 1. The Morgan fingerprint density at radius 3 is 2.93 bits per heavy atom. The highest BCUT2D eigenvalue weighted by Gasteiger charge is 2.08. The molecule has 0 aliphatic carbocycles. The third-order valence-corrected chi connectivity index (χ3v) is 2.07. The number of hydrogen-bond acceptors (Lipinski definition) is 3. The van der Waals surface area contributed by atoms with Crippen molar-refractivity contribution in [2.24, 2.45) is 5.73 Å². The summed E-state index contributed by atoms with van der Waals surface area (Å²) in [6.45, 7) is 2.34. The molecule has 0 radical (unpaired) electrons. The maximum absolute atomic E-state index is 10.9. The second kappa shape index (κ2) is 3.56. The van der Waals surface area contributed by atoms with E-state index in [0.717, 1.165) is 5.69 Å². The Balaban J connectivity index is 2.25. The highest BCUT2D eigenvalue weighted by Crippen LogP contribution is 2.02. The SMILES string of the molecule is Cc1cc(C(N)=O)nn1Cn1cccn1. The van der Waals surface area contributed by atoms with Gasteiger partial charge in [-0.05, 0) is 19.1 Å². The summed E-state index contributed by atoms with van der Waals surface area (Å²) in [5.41, 5.74) is 6.28. The zero-order valence-electron chi connectivity index (χ0n) is 8.29. The summed E-state index contributed by atoms with van der Waals surface area (Å²) in [4.78, 5) is 10.9. The predicted molar refractivity (Wildman–Crippen MR) is 53.1 cm³/mol. The van der Waals surface area contributed by atoms with Gasteiger partial charge in [0.05, 0.1) is 0 Å². The molecule has 0 bridgehead atoms. The number of primary amides is 1. The van der Waals surface area contributed by atoms with Crippen molar-refractivity contribution in [3.8, 4) is 0 Å². The smallest absolute Gasteiger partial charge is 0.269 e. The monoisotopic (exact) mass is 205 g/mol. The Morgan fingerprint density at radius 2 is 2.40 bits per heavy atom. The molecule has 0 unspecified atom stereocenters. The molecule has 0 atom stereocenters. The minimum atomic E-state index is -0.516. The molecule has 0 saturated heterocycles. The molecule has 6 heteroatoms. The van der Waals surface area contributed by atoms with Gasteiger partial charge in [-0.15, -0.1) is 0 Å². The molecule has 2 heterocycles. The van der Waals surface area contributed by atoms with Crippen molar-refractivity contribution >= 4 is 5.91 Å². The topological polar surface area (TPSA) is 78.7 Å². The summed E-state index contributed by atoms with van der Waals surface area (Å²) in [5.74, 6) is -0.516. The molecule has 0 aromatic carbocycles. The average molecular weight is 205 g/mol. The average Bonchev–Trinajstić information content (AvgIpc) is 2.77. The third kappa shape index (κ3) is 1.88. The lowest BCUT2D eigenvalue weighted by molar-refractivity contribution is 0.0994. The zero-order chi connectivity index (χ0) is 10.8. The van der Waals surface area contributed by atoms with Gasteiger partial charge in [0, 0.05) is 18.1 Å². The molecular formula is C9H11N5O. The van der Waals surface area contributed by atoms with Crippen molar-refractivity contribution in [2.45, 2.75) is 13.6 Å². The Labute approximate surface area is 86.3 Å². The molecule has 2 aromatic rings. The van der Waals surface area contributed by atoms with Crippen LogP contribution in [0.2, 0.25) is 0 Å². The minimum absolute atomic E-state index is 0.277. The first-order chi connectivity index (χ1) is 7.16.